The third kappa shape index (κ3) is 8.96. The first-order valence-electron chi connectivity index (χ1n) is 16.1. The van der Waals surface area contributed by atoms with E-state index >= 15 is 0 Å². The van der Waals surface area contributed by atoms with Crippen LogP contribution in [-0.4, -0.2) is 84.4 Å². The van der Waals surface area contributed by atoms with Crippen LogP contribution in [0.25, 0.3) is 0 Å². The quantitative estimate of drug-likeness (QED) is 0.274. The van der Waals surface area contributed by atoms with E-state index in [0.717, 1.165) is 42.9 Å². The molecule has 258 valence electrons. The molecule has 0 saturated carbocycles. The Kier molecular flexibility index (Phi) is 10.8. The van der Waals surface area contributed by atoms with Crippen molar-refractivity contribution >= 4 is 11.8 Å². The fraction of sp³-hybridized carbons (Fsp3) is 0.444. The maximum atomic E-state index is 13.7. The first-order chi connectivity index (χ1) is 22.7. The molecule has 2 unspecified atom stereocenters. The zero-order chi connectivity index (χ0) is 34.6. The standard InChI is InChI=1S/C36H40F6N4O2/c1-24-16-25(2)18-27(17-24)33(47)43-9-11-44-12-14-45(15-13-44)31-8-10-46(32(23-31)19-26-6-4-3-5-7-26)34(48)28-20-29(35(37,38)39)22-30(21-28)36(40,41)42/h3-7,16-18,20-22,31-32H,8-15,19,23H2,1-2H3,(H,43,47). The molecule has 6 nitrogen and oxygen atoms in total. The van der Waals surface area contributed by atoms with Crippen LogP contribution in [0.4, 0.5) is 26.3 Å². The molecule has 3 aromatic rings. The molecule has 0 aliphatic carbocycles. The summed E-state index contributed by atoms with van der Waals surface area (Å²) in [5.41, 5.74) is 0.00445. The molecule has 0 bridgehead atoms. The number of benzene rings is 3. The van der Waals surface area contributed by atoms with E-state index in [0.29, 0.717) is 50.0 Å². The van der Waals surface area contributed by atoms with Gasteiger partial charge in [-0.2, -0.15) is 26.3 Å². The van der Waals surface area contributed by atoms with Gasteiger partial charge in [-0.05, 0) is 69.0 Å². The first kappa shape index (κ1) is 35.4. The fourth-order valence-corrected chi connectivity index (χ4v) is 6.84. The minimum Gasteiger partial charge on any atom is -0.351 e. The van der Waals surface area contributed by atoms with Crippen molar-refractivity contribution in [3.8, 4) is 0 Å². The topological polar surface area (TPSA) is 55.9 Å². The Morgan fingerprint density at radius 2 is 1.38 bits per heavy atom. The number of carbonyl (C=O) groups excluding carboxylic acids is 2. The highest BCUT2D eigenvalue weighted by Gasteiger charge is 2.40. The summed E-state index contributed by atoms with van der Waals surface area (Å²) in [5, 5.41) is 3.00. The molecular formula is C36H40F6N4O2. The zero-order valence-electron chi connectivity index (χ0n) is 27.0. The van der Waals surface area contributed by atoms with Gasteiger partial charge in [-0.15, -0.1) is 0 Å². The molecule has 0 aromatic heterocycles. The van der Waals surface area contributed by atoms with Crippen LogP contribution in [0.5, 0.6) is 0 Å². The molecule has 2 saturated heterocycles. The predicted octanol–water partition coefficient (Wildman–Crippen LogP) is 6.60. The monoisotopic (exact) mass is 674 g/mol. The van der Waals surface area contributed by atoms with Gasteiger partial charge in [0.25, 0.3) is 11.8 Å². The number of hydrogen-bond acceptors (Lipinski definition) is 4. The van der Waals surface area contributed by atoms with Crippen molar-refractivity contribution in [2.24, 2.45) is 0 Å². The summed E-state index contributed by atoms with van der Waals surface area (Å²) in [5.74, 6) is -0.940. The summed E-state index contributed by atoms with van der Waals surface area (Å²) in [4.78, 5) is 32.4. The van der Waals surface area contributed by atoms with Gasteiger partial charge in [-0.25, -0.2) is 0 Å². The number of nitrogens with zero attached hydrogens (tertiary/aromatic N) is 3. The molecule has 2 aliphatic heterocycles. The lowest BCUT2D eigenvalue weighted by Crippen LogP contribution is -2.57. The summed E-state index contributed by atoms with van der Waals surface area (Å²) >= 11 is 0. The molecule has 5 rings (SSSR count). The zero-order valence-corrected chi connectivity index (χ0v) is 27.0. The van der Waals surface area contributed by atoms with E-state index in [1.54, 1.807) is 0 Å². The van der Waals surface area contributed by atoms with E-state index < -0.39 is 41.0 Å². The SMILES string of the molecule is Cc1cc(C)cc(C(=O)NCCN2CCN(C3CCN(C(=O)c4cc(C(F)(F)F)cc(C(F)(F)F)c4)C(Cc4ccccc4)C3)CC2)c1. The van der Waals surface area contributed by atoms with Gasteiger partial charge in [-0.3, -0.25) is 19.4 Å². The molecular weight excluding hydrogens is 634 g/mol. The van der Waals surface area contributed by atoms with Crippen LogP contribution in [0.15, 0.2) is 66.7 Å². The second-order valence-electron chi connectivity index (χ2n) is 12.8. The van der Waals surface area contributed by atoms with Crippen LogP contribution < -0.4 is 5.32 Å². The van der Waals surface area contributed by atoms with Gasteiger partial charge in [0.2, 0.25) is 0 Å². The third-order valence-corrected chi connectivity index (χ3v) is 9.22. The van der Waals surface area contributed by atoms with Crippen molar-refractivity contribution in [3.63, 3.8) is 0 Å². The first-order valence-corrected chi connectivity index (χ1v) is 16.1. The summed E-state index contributed by atoms with van der Waals surface area (Å²) in [7, 11) is 0. The van der Waals surface area contributed by atoms with Crippen molar-refractivity contribution < 1.29 is 35.9 Å². The fourth-order valence-electron chi connectivity index (χ4n) is 6.84. The Hall–Kier alpha value is -3.90. The number of nitrogens with one attached hydrogen (secondary N) is 1. The molecule has 48 heavy (non-hydrogen) atoms. The Labute approximate surface area is 276 Å². The van der Waals surface area contributed by atoms with Crippen molar-refractivity contribution in [2.75, 3.05) is 45.8 Å². The normalized spacial score (nSPS) is 19.7. The highest BCUT2D eigenvalue weighted by Crippen LogP contribution is 2.37. The number of carbonyl (C=O) groups is 2. The van der Waals surface area contributed by atoms with Crippen molar-refractivity contribution in [3.05, 3.63) is 106 Å². The Balaban J connectivity index is 1.23. The van der Waals surface area contributed by atoms with E-state index in [1.807, 2.05) is 62.4 Å². The van der Waals surface area contributed by atoms with Crippen LogP contribution in [0.2, 0.25) is 0 Å². The number of hydrogen-bond donors (Lipinski definition) is 1. The van der Waals surface area contributed by atoms with Crippen molar-refractivity contribution in [2.45, 2.75) is 57.5 Å². The summed E-state index contributed by atoms with van der Waals surface area (Å²) in [6.45, 7) is 8.44. The lowest BCUT2D eigenvalue weighted by molar-refractivity contribution is -0.143. The van der Waals surface area contributed by atoms with Gasteiger partial charge in [0.05, 0.1) is 11.1 Å². The third-order valence-electron chi connectivity index (χ3n) is 9.22. The number of amides is 2. The lowest BCUT2D eigenvalue weighted by Gasteiger charge is -2.46. The smallest absolute Gasteiger partial charge is 0.351 e. The van der Waals surface area contributed by atoms with E-state index in [-0.39, 0.29) is 24.6 Å². The second kappa shape index (κ2) is 14.7. The van der Waals surface area contributed by atoms with Crippen molar-refractivity contribution in [1.82, 2.24) is 20.0 Å². The van der Waals surface area contributed by atoms with Gasteiger partial charge >= 0.3 is 12.4 Å². The van der Waals surface area contributed by atoms with Gasteiger partial charge in [0.15, 0.2) is 0 Å². The predicted molar refractivity (Wildman–Crippen MR) is 171 cm³/mol. The molecule has 2 heterocycles. The number of piperazine rings is 1. The number of piperidine rings is 1. The number of alkyl halides is 6. The van der Waals surface area contributed by atoms with Crippen molar-refractivity contribution in [1.29, 1.82) is 0 Å². The second-order valence-corrected chi connectivity index (χ2v) is 12.8. The lowest BCUT2D eigenvalue weighted by atomic mass is 9.90. The van der Waals surface area contributed by atoms with Gasteiger partial charge in [0, 0.05) is 69.0 Å². The number of rotatable bonds is 8. The number of halogens is 6. The molecule has 2 aliphatic rings. The maximum absolute atomic E-state index is 13.7. The van der Waals surface area contributed by atoms with E-state index in [4.69, 9.17) is 0 Å². The largest absolute Gasteiger partial charge is 0.416 e. The molecule has 2 atom stereocenters. The molecule has 2 amide bonds. The molecule has 2 fully saturated rings. The van der Waals surface area contributed by atoms with Crippen LogP contribution in [-0.2, 0) is 18.8 Å². The number of aryl methyl sites for hydroxylation is 2. The Morgan fingerprint density at radius 1 is 0.771 bits per heavy atom. The Bertz CT molecular complexity index is 1530. The number of likely N-dealkylation sites (tertiary alicyclic amines) is 1. The maximum Gasteiger partial charge on any atom is 0.416 e. The average Bonchev–Trinajstić information content (AvgIpc) is 3.04. The molecule has 3 aromatic carbocycles. The minimum atomic E-state index is -5.04. The summed E-state index contributed by atoms with van der Waals surface area (Å²) in [6.07, 6.45) is -8.57. The van der Waals surface area contributed by atoms with E-state index in [9.17, 15) is 35.9 Å². The van der Waals surface area contributed by atoms with Crippen LogP contribution >= 0.6 is 0 Å². The molecule has 0 spiro atoms. The highest BCUT2D eigenvalue weighted by atomic mass is 19.4. The van der Waals surface area contributed by atoms with Gasteiger partial charge < -0.3 is 10.2 Å². The van der Waals surface area contributed by atoms with E-state index in [2.05, 4.69) is 15.1 Å². The molecule has 1 N–H and O–H groups in total. The van der Waals surface area contributed by atoms with E-state index in [1.165, 1.54) is 4.90 Å². The minimum absolute atomic E-state index is 0.0446. The van der Waals surface area contributed by atoms with Gasteiger partial charge in [-0.1, -0.05) is 47.5 Å². The highest BCUT2D eigenvalue weighted by molar-refractivity contribution is 5.95. The van der Waals surface area contributed by atoms with Crippen LogP contribution in [0.3, 0.4) is 0 Å². The van der Waals surface area contributed by atoms with Crippen LogP contribution in [0, 0.1) is 13.8 Å². The average molecular weight is 675 g/mol. The molecule has 12 heteroatoms. The summed E-state index contributed by atoms with van der Waals surface area (Å²) in [6, 6.07) is 15.9. The Morgan fingerprint density at radius 3 is 1.96 bits per heavy atom. The van der Waals surface area contributed by atoms with Gasteiger partial charge in [0.1, 0.15) is 0 Å². The van der Waals surface area contributed by atoms with Crippen LogP contribution in [0.1, 0.15) is 61.4 Å². The molecule has 0 radical (unpaired) electrons. The summed E-state index contributed by atoms with van der Waals surface area (Å²) < 4.78 is 81.4.